The number of H-pyrrole nitrogens is 1. The molecule has 2 aromatic rings. The molecule has 2 aromatic heterocycles. The fourth-order valence-electron chi connectivity index (χ4n) is 1.33. The average molecular weight is 310 g/mol. The summed E-state index contributed by atoms with van der Waals surface area (Å²) in [6.07, 6.45) is 1.57. The summed E-state index contributed by atoms with van der Waals surface area (Å²) in [6.45, 7) is 0. The number of anilines is 1. The number of pyridine rings is 2. The van der Waals surface area contributed by atoms with Crippen molar-refractivity contribution in [2.45, 2.75) is 0 Å². The van der Waals surface area contributed by atoms with Crippen LogP contribution in [-0.2, 0) is 0 Å². The highest BCUT2D eigenvalue weighted by molar-refractivity contribution is 9.10. The van der Waals surface area contributed by atoms with Crippen molar-refractivity contribution in [1.82, 2.24) is 9.97 Å². The van der Waals surface area contributed by atoms with Gasteiger partial charge in [0.2, 0.25) is 0 Å². The van der Waals surface area contributed by atoms with Gasteiger partial charge in [-0.2, -0.15) is 0 Å². The molecular formula is C11H8BrN3O3. The third-order valence-electron chi connectivity index (χ3n) is 2.10. The molecule has 6 nitrogen and oxygen atoms in total. The predicted molar refractivity (Wildman–Crippen MR) is 68.6 cm³/mol. The number of amides is 1. The van der Waals surface area contributed by atoms with Crippen molar-refractivity contribution in [3.63, 3.8) is 0 Å². The molecule has 0 spiro atoms. The number of rotatable bonds is 2. The summed E-state index contributed by atoms with van der Waals surface area (Å²) in [6, 6.07) is 5.58. The Balaban J connectivity index is 2.28. The van der Waals surface area contributed by atoms with Crippen LogP contribution in [0, 0.1) is 0 Å². The smallest absolute Gasteiger partial charge is 0.256 e. The predicted octanol–water partition coefficient (Wildman–Crippen LogP) is 1.49. The van der Waals surface area contributed by atoms with E-state index in [1.165, 1.54) is 6.07 Å². The molecule has 0 fully saturated rings. The summed E-state index contributed by atoms with van der Waals surface area (Å²) in [5.41, 5.74) is -0.0142. The van der Waals surface area contributed by atoms with E-state index in [4.69, 9.17) is 0 Å². The van der Waals surface area contributed by atoms with E-state index < -0.39 is 11.5 Å². The first-order valence-electron chi connectivity index (χ1n) is 4.91. The van der Waals surface area contributed by atoms with E-state index in [0.717, 1.165) is 6.07 Å². The summed E-state index contributed by atoms with van der Waals surface area (Å²) in [4.78, 5) is 29.0. The molecule has 0 atom stereocenters. The highest BCUT2D eigenvalue weighted by atomic mass is 79.9. The van der Waals surface area contributed by atoms with E-state index >= 15 is 0 Å². The van der Waals surface area contributed by atoms with Crippen molar-refractivity contribution in [1.29, 1.82) is 0 Å². The minimum atomic E-state index is -0.551. The summed E-state index contributed by atoms with van der Waals surface area (Å²) in [5.74, 6) is -0.872. The number of hydrogen-bond donors (Lipinski definition) is 3. The Morgan fingerprint density at radius 2 is 2.22 bits per heavy atom. The molecule has 0 saturated heterocycles. The second-order valence-electron chi connectivity index (χ2n) is 3.41. The fourth-order valence-corrected chi connectivity index (χ4v) is 1.68. The largest absolute Gasteiger partial charge is 0.494 e. The Labute approximate surface area is 110 Å². The molecule has 0 aliphatic heterocycles. The first-order valence-corrected chi connectivity index (χ1v) is 5.71. The topological polar surface area (TPSA) is 95.1 Å². The highest BCUT2D eigenvalue weighted by Crippen LogP contribution is 2.19. The molecule has 0 bridgehead atoms. The van der Waals surface area contributed by atoms with Crippen molar-refractivity contribution in [3.8, 4) is 5.88 Å². The Hall–Kier alpha value is -2.15. The fraction of sp³-hybridized carbons (Fsp3) is 0. The number of carbonyl (C=O) groups excluding carboxylic acids is 1. The van der Waals surface area contributed by atoms with Gasteiger partial charge in [-0.3, -0.25) is 14.6 Å². The molecule has 0 unspecified atom stereocenters. The van der Waals surface area contributed by atoms with Crippen molar-refractivity contribution in [3.05, 3.63) is 51.0 Å². The normalized spacial score (nSPS) is 10.1. The zero-order valence-corrected chi connectivity index (χ0v) is 10.6. The van der Waals surface area contributed by atoms with Crippen molar-refractivity contribution < 1.29 is 9.90 Å². The molecule has 7 heteroatoms. The van der Waals surface area contributed by atoms with Crippen molar-refractivity contribution >= 4 is 27.5 Å². The summed E-state index contributed by atoms with van der Waals surface area (Å²) < 4.78 is 0.479. The second kappa shape index (κ2) is 5.01. The number of carbonyl (C=O) groups is 1. The van der Waals surface area contributed by atoms with Gasteiger partial charge in [0.1, 0.15) is 4.60 Å². The third kappa shape index (κ3) is 2.75. The minimum Gasteiger partial charge on any atom is -0.494 e. The van der Waals surface area contributed by atoms with Crippen LogP contribution in [-0.4, -0.2) is 21.0 Å². The number of halogens is 1. The molecule has 0 aliphatic rings. The maximum atomic E-state index is 11.8. The zero-order valence-electron chi connectivity index (χ0n) is 8.98. The summed E-state index contributed by atoms with van der Waals surface area (Å²) in [5, 5.41) is 11.8. The van der Waals surface area contributed by atoms with Crippen LogP contribution >= 0.6 is 15.9 Å². The summed E-state index contributed by atoms with van der Waals surface area (Å²) in [7, 11) is 0. The molecule has 0 saturated carbocycles. The lowest BCUT2D eigenvalue weighted by Crippen LogP contribution is -2.16. The van der Waals surface area contributed by atoms with Crippen LogP contribution in [0.25, 0.3) is 0 Å². The number of hydrogen-bond acceptors (Lipinski definition) is 4. The van der Waals surface area contributed by atoms with Crippen molar-refractivity contribution in [2.75, 3.05) is 5.32 Å². The van der Waals surface area contributed by atoms with Gasteiger partial charge < -0.3 is 10.4 Å². The lowest BCUT2D eigenvalue weighted by atomic mass is 10.2. The van der Waals surface area contributed by atoms with Crippen molar-refractivity contribution in [2.24, 2.45) is 0 Å². The second-order valence-corrected chi connectivity index (χ2v) is 4.17. The van der Waals surface area contributed by atoms with E-state index in [1.807, 2.05) is 0 Å². The number of nitrogens with zero attached hydrogens (tertiary/aromatic N) is 1. The molecule has 1 amide bonds. The number of aromatic hydroxyl groups is 1. The Morgan fingerprint density at radius 1 is 1.44 bits per heavy atom. The number of nitrogens with one attached hydrogen (secondary N) is 2. The maximum absolute atomic E-state index is 11.8. The lowest BCUT2D eigenvalue weighted by Gasteiger charge is -2.06. The number of aromatic nitrogens is 2. The van der Waals surface area contributed by atoms with E-state index in [2.05, 4.69) is 31.2 Å². The van der Waals surface area contributed by atoms with Crippen LogP contribution in [0.1, 0.15) is 10.4 Å². The first-order chi connectivity index (χ1) is 8.56. The molecule has 2 rings (SSSR count). The van der Waals surface area contributed by atoms with Gasteiger partial charge in [0, 0.05) is 18.3 Å². The van der Waals surface area contributed by atoms with Crippen LogP contribution in [0.2, 0.25) is 0 Å². The van der Waals surface area contributed by atoms with Gasteiger partial charge in [0.05, 0.1) is 11.3 Å². The zero-order chi connectivity index (χ0) is 13.1. The van der Waals surface area contributed by atoms with Crippen LogP contribution in [0.4, 0.5) is 5.69 Å². The Bertz CT molecular complexity index is 654. The van der Waals surface area contributed by atoms with Gasteiger partial charge in [-0.25, -0.2) is 4.98 Å². The van der Waals surface area contributed by atoms with E-state index in [0.29, 0.717) is 10.3 Å². The van der Waals surface area contributed by atoms with Gasteiger partial charge in [-0.05, 0) is 28.1 Å². The molecule has 3 N–H and O–H groups in total. The van der Waals surface area contributed by atoms with Crippen LogP contribution in [0.15, 0.2) is 39.9 Å². The van der Waals surface area contributed by atoms with Crippen LogP contribution in [0.5, 0.6) is 5.88 Å². The van der Waals surface area contributed by atoms with Crippen LogP contribution < -0.4 is 10.9 Å². The molecule has 18 heavy (non-hydrogen) atoms. The first kappa shape index (κ1) is 12.3. The minimum absolute atomic E-state index is 0.0620. The lowest BCUT2D eigenvalue weighted by molar-refractivity contribution is 0.102. The SMILES string of the molecule is O=C(Nc1cccnc1Br)c1cc(O)[nH]c(=O)c1. The maximum Gasteiger partial charge on any atom is 0.256 e. The van der Waals surface area contributed by atoms with E-state index in [-0.39, 0.29) is 11.4 Å². The summed E-state index contributed by atoms with van der Waals surface area (Å²) >= 11 is 3.18. The van der Waals surface area contributed by atoms with E-state index in [9.17, 15) is 14.7 Å². The molecule has 0 radical (unpaired) electrons. The molecule has 92 valence electrons. The average Bonchev–Trinajstić information content (AvgIpc) is 2.31. The monoisotopic (exact) mass is 309 g/mol. The third-order valence-corrected chi connectivity index (χ3v) is 2.73. The standard InChI is InChI=1S/C11H8BrN3O3/c12-10-7(2-1-3-13-10)14-11(18)6-4-8(16)15-9(17)5-6/h1-5H,(H,14,18)(H2,15,16,17). The Kier molecular flexibility index (Phi) is 3.42. The highest BCUT2D eigenvalue weighted by Gasteiger charge is 2.10. The molecule has 0 aromatic carbocycles. The van der Waals surface area contributed by atoms with Gasteiger partial charge in [-0.1, -0.05) is 0 Å². The molecular weight excluding hydrogens is 302 g/mol. The van der Waals surface area contributed by atoms with Crippen LogP contribution in [0.3, 0.4) is 0 Å². The Morgan fingerprint density at radius 3 is 2.89 bits per heavy atom. The number of aromatic amines is 1. The van der Waals surface area contributed by atoms with E-state index in [1.54, 1.807) is 18.3 Å². The van der Waals surface area contributed by atoms with Gasteiger partial charge >= 0.3 is 0 Å². The molecule has 2 heterocycles. The van der Waals surface area contributed by atoms with Gasteiger partial charge in [0.15, 0.2) is 5.88 Å². The quantitative estimate of drug-likeness (QED) is 0.732. The molecule has 0 aliphatic carbocycles. The van der Waals surface area contributed by atoms with Gasteiger partial charge in [-0.15, -0.1) is 0 Å². The van der Waals surface area contributed by atoms with Gasteiger partial charge in [0.25, 0.3) is 11.5 Å².